The number of hydrogen-bond acceptors (Lipinski definition) is 5. The van der Waals surface area contributed by atoms with Gasteiger partial charge in [0.15, 0.2) is 0 Å². The van der Waals surface area contributed by atoms with Crippen LogP contribution in [0.15, 0.2) is 12.1 Å². The van der Waals surface area contributed by atoms with Gasteiger partial charge in [0.25, 0.3) is 0 Å². The lowest BCUT2D eigenvalue weighted by molar-refractivity contribution is 0.0134. The van der Waals surface area contributed by atoms with E-state index in [1.54, 1.807) is 12.1 Å². The van der Waals surface area contributed by atoms with Crippen molar-refractivity contribution in [2.45, 2.75) is 13.0 Å². The summed E-state index contributed by atoms with van der Waals surface area (Å²) in [6.07, 6.45) is 0. The third kappa shape index (κ3) is 2.98. The Labute approximate surface area is 130 Å². The summed E-state index contributed by atoms with van der Waals surface area (Å²) in [5, 5.41) is 9.62. The maximum absolute atomic E-state index is 9.01. The average molecular weight is 307 g/mol. The van der Waals surface area contributed by atoms with Crippen LogP contribution in [0.1, 0.15) is 12.6 Å². The minimum Gasteiger partial charge on any atom is -0.379 e. The lowest BCUT2D eigenvalue weighted by atomic mass is 10.0. The van der Waals surface area contributed by atoms with Gasteiger partial charge in [-0.25, -0.2) is 4.98 Å². The van der Waals surface area contributed by atoms with E-state index in [2.05, 4.69) is 27.8 Å². The molecule has 21 heavy (non-hydrogen) atoms. The highest BCUT2D eigenvalue weighted by Crippen LogP contribution is 2.31. The predicted octanol–water partition coefficient (Wildman–Crippen LogP) is 1.76. The fourth-order valence-corrected chi connectivity index (χ4v) is 3.45. The van der Waals surface area contributed by atoms with Crippen molar-refractivity contribution in [1.29, 1.82) is 5.26 Å². The summed E-state index contributed by atoms with van der Waals surface area (Å²) >= 11 is 6.27. The topological polar surface area (TPSA) is 52.4 Å². The Hall–Kier alpha value is -1.35. The van der Waals surface area contributed by atoms with Crippen molar-refractivity contribution in [3.05, 3.63) is 22.8 Å². The van der Waals surface area contributed by atoms with Crippen LogP contribution in [0.5, 0.6) is 0 Å². The van der Waals surface area contributed by atoms with Gasteiger partial charge in [-0.15, -0.1) is 0 Å². The van der Waals surface area contributed by atoms with Gasteiger partial charge in [0.2, 0.25) is 0 Å². The highest BCUT2D eigenvalue weighted by Gasteiger charge is 2.35. The van der Waals surface area contributed by atoms with Crippen molar-refractivity contribution < 1.29 is 4.74 Å². The molecule has 3 rings (SSSR count). The van der Waals surface area contributed by atoms with Crippen LogP contribution in [0.4, 0.5) is 5.82 Å². The molecule has 112 valence electrons. The Morgan fingerprint density at radius 2 is 2.10 bits per heavy atom. The minimum absolute atomic E-state index is 0.414. The van der Waals surface area contributed by atoms with Gasteiger partial charge in [-0.1, -0.05) is 18.5 Å². The van der Waals surface area contributed by atoms with Gasteiger partial charge in [0.05, 0.1) is 18.2 Å². The number of aromatic nitrogens is 1. The number of hydrogen-bond donors (Lipinski definition) is 0. The molecule has 2 saturated heterocycles. The van der Waals surface area contributed by atoms with Gasteiger partial charge < -0.3 is 9.64 Å². The Balaban J connectivity index is 1.77. The number of anilines is 1. The van der Waals surface area contributed by atoms with Crippen LogP contribution >= 0.6 is 11.6 Å². The molecule has 6 heteroatoms. The predicted molar refractivity (Wildman–Crippen MR) is 81.5 cm³/mol. The number of nitriles is 1. The molecule has 2 atom stereocenters. The maximum atomic E-state index is 9.01. The highest BCUT2D eigenvalue weighted by atomic mass is 35.5. The zero-order chi connectivity index (χ0) is 14.8. The van der Waals surface area contributed by atoms with Gasteiger partial charge in [0, 0.05) is 32.2 Å². The molecule has 0 spiro atoms. The van der Waals surface area contributed by atoms with Crippen LogP contribution in [-0.2, 0) is 4.74 Å². The molecule has 2 aliphatic rings. The molecule has 0 bridgehead atoms. The van der Waals surface area contributed by atoms with E-state index in [1.807, 2.05) is 0 Å². The molecular weight excluding hydrogens is 288 g/mol. The molecule has 0 aliphatic carbocycles. The van der Waals surface area contributed by atoms with E-state index in [0.29, 0.717) is 22.7 Å². The van der Waals surface area contributed by atoms with E-state index in [-0.39, 0.29) is 0 Å². The van der Waals surface area contributed by atoms with E-state index in [1.165, 1.54) is 0 Å². The SMILES string of the molecule is CC1CN(c2nc(C#N)ccc2Cl)CC1N1CCOCC1. The third-order valence-electron chi connectivity index (χ3n) is 4.33. The average Bonchev–Trinajstić information content (AvgIpc) is 2.90. The van der Waals surface area contributed by atoms with Gasteiger partial charge in [-0.3, -0.25) is 4.90 Å². The van der Waals surface area contributed by atoms with E-state index >= 15 is 0 Å². The Bertz CT molecular complexity index is 553. The van der Waals surface area contributed by atoms with Crippen molar-refractivity contribution in [2.24, 2.45) is 5.92 Å². The molecule has 2 unspecified atom stereocenters. The second kappa shape index (κ2) is 6.18. The Morgan fingerprint density at radius 1 is 1.33 bits per heavy atom. The minimum atomic E-state index is 0.414. The van der Waals surface area contributed by atoms with Gasteiger partial charge in [0.1, 0.15) is 17.6 Å². The smallest absolute Gasteiger partial charge is 0.149 e. The van der Waals surface area contributed by atoms with Crippen LogP contribution in [0, 0.1) is 17.2 Å². The summed E-state index contributed by atoms with van der Waals surface area (Å²) in [6.45, 7) is 7.69. The second-order valence-electron chi connectivity index (χ2n) is 5.71. The Kier molecular flexibility index (Phi) is 4.29. The molecule has 0 radical (unpaired) electrons. The third-order valence-corrected chi connectivity index (χ3v) is 4.62. The van der Waals surface area contributed by atoms with Gasteiger partial charge in [-0.05, 0) is 18.1 Å². The summed E-state index contributed by atoms with van der Waals surface area (Å²) in [7, 11) is 0. The maximum Gasteiger partial charge on any atom is 0.149 e. The zero-order valence-corrected chi connectivity index (χ0v) is 12.9. The fourth-order valence-electron chi connectivity index (χ4n) is 3.22. The van der Waals surface area contributed by atoms with E-state index < -0.39 is 0 Å². The molecule has 1 aromatic heterocycles. The largest absolute Gasteiger partial charge is 0.379 e. The van der Waals surface area contributed by atoms with Crippen LogP contribution in [0.25, 0.3) is 0 Å². The van der Waals surface area contributed by atoms with Crippen molar-refractivity contribution in [3.8, 4) is 6.07 Å². The van der Waals surface area contributed by atoms with Gasteiger partial charge >= 0.3 is 0 Å². The van der Waals surface area contributed by atoms with E-state index in [9.17, 15) is 0 Å². The molecular formula is C15H19ClN4O. The number of nitrogens with zero attached hydrogens (tertiary/aromatic N) is 4. The summed E-state index contributed by atoms with van der Waals surface area (Å²) in [5.74, 6) is 1.28. The monoisotopic (exact) mass is 306 g/mol. The first-order valence-corrected chi connectivity index (χ1v) is 7.70. The molecule has 1 aromatic rings. The summed E-state index contributed by atoms with van der Waals surface area (Å²) in [6, 6.07) is 5.99. The quantitative estimate of drug-likeness (QED) is 0.833. The number of rotatable bonds is 2. The Morgan fingerprint density at radius 3 is 2.81 bits per heavy atom. The first kappa shape index (κ1) is 14.6. The normalized spacial score (nSPS) is 26.8. The van der Waals surface area contributed by atoms with Crippen LogP contribution < -0.4 is 4.90 Å². The van der Waals surface area contributed by atoms with Crippen molar-refractivity contribution in [2.75, 3.05) is 44.3 Å². The molecule has 3 heterocycles. The lowest BCUT2D eigenvalue weighted by Crippen LogP contribution is -2.46. The van der Waals surface area contributed by atoms with Crippen LogP contribution in [0.3, 0.4) is 0 Å². The molecule has 5 nitrogen and oxygen atoms in total. The van der Waals surface area contributed by atoms with E-state index in [0.717, 1.165) is 45.2 Å². The summed E-state index contributed by atoms with van der Waals surface area (Å²) in [4.78, 5) is 9.08. The summed E-state index contributed by atoms with van der Waals surface area (Å²) in [5.41, 5.74) is 0.414. The van der Waals surface area contributed by atoms with Crippen molar-refractivity contribution >= 4 is 17.4 Å². The highest BCUT2D eigenvalue weighted by molar-refractivity contribution is 6.33. The molecule has 0 saturated carbocycles. The molecule has 0 amide bonds. The number of pyridine rings is 1. The fraction of sp³-hybridized carbons (Fsp3) is 0.600. The number of ether oxygens (including phenoxy) is 1. The summed E-state index contributed by atoms with van der Waals surface area (Å²) < 4.78 is 5.43. The lowest BCUT2D eigenvalue weighted by Gasteiger charge is -2.34. The zero-order valence-electron chi connectivity index (χ0n) is 12.1. The van der Waals surface area contributed by atoms with Gasteiger partial charge in [-0.2, -0.15) is 5.26 Å². The molecule has 0 aromatic carbocycles. The van der Waals surface area contributed by atoms with Crippen LogP contribution in [0.2, 0.25) is 5.02 Å². The molecule has 2 aliphatic heterocycles. The standard InChI is InChI=1S/C15H19ClN4O/c1-11-9-20(10-14(11)19-4-6-21-7-5-19)15-13(16)3-2-12(8-17)18-15/h2-3,11,14H,4-7,9-10H2,1H3. The van der Waals surface area contributed by atoms with Crippen molar-refractivity contribution in [1.82, 2.24) is 9.88 Å². The number of halogens is 1. The van der Waals surface area contributed by atoms with Crippen LogP contribution in [-0.4, -0.2) is 55.3 Å². The first-order chi connectivity index (χ1) is 10.2. The molecule has 0 N–H and O–H groups in total. The number of morpholine rings is 1. The van der Waals surface area contributed by atoms with E-state index in [4.69, 9.17) is 21.6 Å². The first-order valence-electron chi connectivity index (χ1n) is 7.32. The second-order valence-corrected chi connectivity index (χ2v) is 6.12. The van der Waals surface area contributed by atoms with Crippen molar-refractivity contribution in [3.63, 3.8) is 0 Å². The molecule has 2 fully saturated rings.